The fourth-order valence-electron chi connectivity index (χ4n) is 2.15. The van der Waals surface area contributed by atoms with Crippen LogP contribution in [-0.2, 0) is 0 Å². The summed E-state index contributed by atoms with van der Waals surface area (Å²) in [6, 6.07) is 13.5. The van der Waals surface area contributed by atoms with E-state index in [0.29, 0.717) is 6.42 Å². The van der Waals surface area contributed by atoms with Crippen LogP contribution in [-0.4, -0.2) is 12.6 Å². The molecular formula is C16H14O3. The van der Waals surface area contributed by atoms with Gasteiger partial charge < -0.3 is 9.47 Å². The van der Waals surface area contributed by atoms with E-state index in [-0.39, 0.29) is 12.6 Å². The smallest absolute Gasteiger partial charge is 0.231 e. The topological polar surface area (TPSA) is 35.5 Å². The maximum absolute atomic E-state index is 11.7. The molecule has 0 saturated carbocycles. The first kappa shape index (κ1) is 11.8. The molecule has 2 aromatic rings. The molecule has 0 fully saturated rings. The molecular weight excluding hydrogens is 240 g/mol. The second-order valence-corrected chi connectivity index (χ2v) is 4.43. The maximum atomic E-state index is 11.7. The van der Waals surface area contributed by atoms with E-state index in [9.17, 15) is 4.79 Å². The third kappa shape index (κ3) is 2.19. The van der Waals surface area contributed by atoms with Crippen molar-refractivity contribution in [2.75, 3.05) is 6.79 Å². The lowest BCUT2D eigenvalue weighted by atomic mass is 10.0. The molecule has 2 aromatic carbocycles. The Morgan fingerprint density at radius 1 is 1.05 bits per heavy atom. The summed E-state index contributed by atoms with van der Waals surface area (Å²) >= 11 is 0. The molecule has 0 atom stereocenters. The van der Waals surface area contributed by atoms with Gasteiger partial charge in [-0.25, -0.2) is 0 Å². The van der Waals surface area contributed by atoms with Gasteiger partial charge in [-0.05, 0) is 29.3 Å². The number of carbonyl (C=O) groups excluding carboxylic acids is 1. The van der Waals surface area contributed by atoms with Gasteiger partial charge in [0.05, 0.1) is 0 Å². The lowest BCUT2D eigenvalue weighted by Gasteiger charge is -2.05. The highest BCUT2D eigenvalue weighted by Gasteiger charge is 2.14. The van der Waals surface area contributed by atoms with Crippen molar-refractivity contribution in [3.63, 3.8) is 0 Å². The van der Waals surface area contributed by atoms with Gasteiger partial charge in [0.15, 0.2) is 17.3 Å². The first-order valence-corrected chi connectivity index (χ1v) is 6.31. The zero-order valence-corrected chi connectivity index (χ0v) is 10.7. The van der Waals surface area contributed by atoms with Gasteiger partial charge in [0.1, 0.15) is 0 Å². The van der Waals surface area contributed by atoms with Crippen molar-refractivity contribution < 1.29 is 14.3 Å². The Morgan fingerprint density at radius 3 is 2.68 bits per heavy atom. The summed E-state index contributed by atoms with van der Waals surface area (Å²) in [5, 5.41) is 0. The molecule has 0 aromatic heterocycles. The van der Waals surface area contributed by atoms with Crippen molar-refractivity contribution >= 4 is 5.78 Å². The number of rotatable bonds is 3. The third-order valence-corrected chi connectivity index (χ3v) is 3.21. The highest BCUT2D eigenvalue weighted by molar-refractivity contribution is 5.97. The van der Waals surface area contributed by atoms with E-state index in [1.807, 2.05) is 49.4 Å². The lowest BCUT2D eigenvalue weighted by molar-refractivity contribution is 0.0988. The number of Topliss-reactive ketones (excluding diaryl/α,β-unsaturated/α-hetero) is 1. The molecule has 96 valence electrons. The van der Waals surface area contributed by atoms with Crippen LogP contribution in [0.4, 0.5) is 0 Å². The Bertz CT molecular complexity index is 632. The minimum atomic E-state index is 0.155. The SMILES string of the molecule is CCC(=O)c1cccc(-c2ccc3c(c2)OCO3)c1. The number of ketones is 1. The van der Waals surface area contributed by atoms with Crippen LogP contribution in [0.5, 0.6) is 11.5 Å². The number of carbonyl (C=O) groups is 1. The molecule has 3 rings (SSSR count). The van der Waals surface area contributed by atoms with Gasteiger partial charge in [-0.15, -0.1) is 0 Å². The monoisotopic (exact) mass is 254 g/mol. The summed E-state index contributed by atoms with van der Waals surface area (Å²) in [4.78, 5) is 11.7. The van der Waals surface area contributed by atoms with Gasteiger partial charge in [-0.3, -0.25) is 4.79 Å². The van der Waals surface area contributed by atoms with Crippen LogP contribution in [0.1, 0.15) is 23.7 Å². The van der Waals surface area contributed by atoms with Crippen molar-refractivity contribution in [1.82, 2.24) is 0 Å². The zero-order chi connectivity index (χ0) is 13.2. The molecule has 0 spiro atoms. The van der Waals surface area contributed by atoms with Crippen molar-refractivity contribution in [2.45, 2.75) is 13.3 Å². The largest absolute Gasteiger partial charge is 0.454 e. The Kier molecular flexibility index (Phi) is 2.95. The van der Waals surface area contributed by atoms with Gasteiger partial charge in [0.25, 0.3) is 0 Å². The van der Waals surface area contributed by atoms with E-state index in [1.165, 1.54) is 0 Å². The second kappa shape index (κ2) is 4.76. The van der Waals surface area contributed by atoms with Crippen LogP contribution in [0.25, 0.3) is 11.1 Å². The Labute approximate surface area is 111 Å². The van der Waals surface area contributed by atoms with Crippen LogP contribution in [0.3, 0.4) is 0 Å². The van der Waals surface area contributed by atoms with Crippen LogP contribution in [0.15, 0.2) is 42.5 Å². The van der Waals surface area contributed by atoms with E-state index >= 15 is 0 Å². The summed E-state index contributed by atoms with van der Waals surface area (Å²) in [6.45, 7) is 2.14. The standard InChI is InChI=1S/C16H14O3/c1-2-14(17)13-5-3-4-11(8-13)12-6-7-15-16(9-12)19-10-18-15/h3-9H,2,10H2,1H3. The van der Waals surface area contributed by atoms with Gasteiger partial charge in [-0.2, -0.15) is 0 Å². The number of hydrogen-bond donors (Lipinski definition) is 0. The fraction of sp³-hybridized carbons (Fsp3) is 0.188. The molecule has 0 unspecified atom stereocenters. The molecule has 1 aliphatic heterocycles. The van der Waals surface area contributed by atoms with E-state index in [4.69, 9.17) is 9.47 Å². The molecule has 0 N–H and O–H groups in total. The maximum Gasteiger partial charge on any atom is 0.231 e. The van der Waals surface area contributed by atoms with E-state index in [1.54, 1.807) is 0 Å². The van der Waals surface area contributed by atoms with Gasteiger partial charge >= 0.3 is 0 Å². The molecule has 1 aliphatic rings. The zero-order valence-electron chi connectivity index (χ0n) is 10.7. The predicted octanol–water partition coefficient (Wildman–Crippen LogP) is 3.68. The summed E-state index contributed by atoms with van der Waals surface area (Å²) in [5.74, 6) is 1.68. The molecule has 1 heterocycles. The van der Waals surface area contributed by atoms with Crippen LogP contribution in [0, 0.1) is 0 Å². The molecule has 0 saturated heterocycles. The molecule has 0 amide bonds. The summed E-state index contributed by atoms with van der Waals surface area (Å²) in [6.07, 6.45) is 0.518. The molecule has 19 heavy (non-hydrogen) atoms. The average Bonchev–Trinajstić information content (AvgIpc) is 2.94. The van der Waals surface area contributed by atoms with E-state index in [0.717, 1.165) is 28.2 Å². The lowest BCUT2D eigenvalue weighted by Crippen LogP contribution is -1.96. The molecule has 3 nitrogen and oxygen atoms in total. The van der Waals surface area contributed by atoms with E-state index < -0.39 is 0 Å². The van der Waals surface area contributed by atoms with Crippen molar-refractivity contribution in [2.24, 2.45) is 0 Å². The van der Waals surface area contributed by atoms with Crippen LogP contribution < -0.4 is 9.47 Å². The number of ether oxygens (including phenoxy) is 2. The fourth-order valence-corrected chi connectivity index (χ4v) is 2.15. The number of hydrogen-bond acceptors (Lipinski definition) is 3. The van der Waals surface area contributed by atoms with E-state index in [2.05, 4.69) is 0 Å². The summed E-state index contributed by atoms with van der Waals surface area (Å²) in [7, 11) is 0. The summed E-state index contributed by atoms with van der Waals surface area (Å²) in [5.41, 5.74) is 2.78. The highest BCUT2D eigenvalue weighted by atomic mass is 16.7. The Hall–Kier alpha value is -2.29. The number of fused-ring (bicyclic) bond motifs is 1. The normalized spacial score (nSPS) is 12.5. The third-order valence-electron chi connectivity index (χ3n) is 3.21. The Morgan fingerprint density at radius 2 is 1.84 bits per heavy atom. The summed E-state index contributed by atoms with van der Waals surface area (Å²) < 4.78 is 10.7. The van der Waals surface area contributed by atoms with Gasteiger partial charge in [-0.1, -0.05) is 31.2 Å². The molecule has 0 radical (unpaired) electrons. The van der Waals surface area contributed by atoms with Crippen molar-refractivity contribution in [1.29, 1.82) is 0 Å². The predicted molar refractivity (Wildman–Crippen MR) is 72.6 cm³/mol. The first-order chi connectivity index (χ1) is 9.28. The second-order valence-electron chi connectivity index (χ2n) is 4.43. The van der Waals surface area contributed by atoms with Crippen LogP contribution >= 0.6 is 0 Å². The Balaban J connectivity index is 2.00. The van der Waals surface area contributed by atoms with Crippen molar-refractivity contribution in [3.05, 3.63) is 48.0 Å². The number of benzene rings is 2. The minimum Gasteiger partial charge on any atom is -0.454 e. The minimum absolute atomic E-state index is 0.155. The van der Waals surface area contributed by atoms with Crippen molar-refractivity contribution in [3.8, 4) is 22.6 Å². The quantitative estimate of drug-likeness (QED) is 0.784. The molecule has 0 aliphatic carbocycles. The van der Waals surface area contributed by atoms with Crippen LogP contribution in [0.2, 0.25) is 0 Å². The highest BCUT2D eigenvalue weighted by Crippen LogP contribution is 2.36. The molecule has 3 heteroatoms. The first-order valence-electron chi connectivity index (χ1n) is 6.31. The van der Waals surface area contributed by atoms with Gasteiger partial charge in [0, 0.05) is 12.0 Å². The molecule has 0 bridgehead atoms. The average molecular weight is 254 g/mol. The van der Waals surface area contributed by atoms with Gasteiger partial charge in [0.2, 0.25) is 6.79 Å².